The molecule has 0 unspecified atom stereocenters. The van der Waals surface area contributed by atoms with E-state index in [9.17, 15) is 14.0 Å². The number of carbonyl (C=O) groups excluding carboxylic acids is 2. The number of rotatable bonds is 5. The molecule has 2 aromatic rings. The van der Waals surface area contributed by atoms with Crippen molar-refractivity contribution in [1.29, 1.82) is 0 Å². The average Bonchev–Trinajstić information content (AvgIpc) is 2.55. The number of amides is 1. The summed E-state index contributed by atoms with van der Waals surface area (Å²) >= 11 is 11.6. The number of pyridine rings is 1. The molecule has 8 heteroatoms. The minimum atomic E-state index is -1.08. The lowest BCUT2D eigenvalue weighted by molar-refractivity contribution is -0.148. The van der Waals surface area contributed by atoms with Crippen LogP contribution in [0.25, 0.3) is 6.08 Å². The minimum absolute atomic E-state index is 0.106. The largest absolute Gasteiger partial charge is 0.449 e. The van der Waals surface area contributed by atoms with Gasteiger partial charge in [0.15, 0.2) is 11.9 Å². The molecular weight excluding hydrogens is 370 g/mol. The van der Waals surface area contributed by atoms with Crippen LogP contribution < -0.4 is 5.32 Å². The molecule has 0 aliphatic rings. The molecule has 1 amide bonds. The number of hydrogen-bond donors (Lipinski definition) is 1. The summed E-state index contributed by atoms with van der Waals surface area (Å²) in [5.41, 5.74) is 0.492. The number of anilines is 1. The molecule has 1 aromatic heterocycles. The number of benzene rings is 1. The summed E-state index contributed by atoms with van der Waals surface area (Å²) in [5, 5.41) is 2.91. The molecule has 25 heavy (non-hydrogen) atoms. The highest BCUT2D eigenvalue weighted by molar-refractivity contribution is 6.36. The third kappa shape index (κ3) is 5.85. The van der Waals surface area contributed by atoms with E-state index in [2.05, 4.69) is 10.3 Å². The molecule has 0 saturated heterocycles. The normalized spacial score (nSPS) is 12.0. The van der Waals surface area contributed by atoms with Gasteiger partial charge in [-0.1, -0.05) is 35.3 Å². The Morgan fingerprint density at radius 2 is 2.08 bits per heavy atom. The first-order valence-electron chi connectivity index (χ1n) is 7.11. The van der Waals surface area contributed by atoms with Crippen LogP contribution in [0.2, 0.25) is 10.0 Å². The fraction of sp³-hybridized carbons (Fsp3) is 0.118. The lowest BCUT2D eigenvalue weighted by atomic mass is 10.2. The van der Waals surface area contributed by atoms with Crippen LogP contribution in [0.15, 0.2) is 42.6 Å². The van der Waals surface area contributed by atoms with Gasteiger partial charge in [-0.25, -0.2) is 14.2 Å². The highest BCUT2D eigenvalue weighted by atomic mass is 35.5. The third-order valence-corrected chi connectivity index (χ3v) is 3.47. The van der Waals surface area contributed by atoms with Crippen LogP contribution in [0, 0.1) is 5.82 Å². The standard InChI is InChI=1S/C17H13Cl2FN2O3/c1-10(17(24)22-16-14(19)8-12(18)9-21-16)25-15(23)6-5-11-3-2-4-13(20)7-11/h2-10H,1H3,(H,21,22,24)/b6-5+/t10-/m1/s1. The molecule has 0 aliphatic carbocycles. The van der Waals surface area contributed by atoms with Gasteiger partial charge in [-0.05, 0) is 36.8 Å². The monoisotopic (exact) mass is 382 g/mol. The number of nitrogens with one attached hydrogen (secondary N) is 1. The second-order valence-electron chi connectivity index (χ2n) is 4.94. The Hall–Kier alpha value is -2.44. The highest BCUT2D eigenvalue weighted by Gasteiger charge is 2.18. The number of nitrogens with zero attached hydrogens (tertiary/aromatic N) is 1. The predicted molar refractivity (Wildman–Crippen MR) is 93.9 cm³/mol. The molecule has 130 valence electrons. The Balaban J connectivity index is 1.92. The number of hydrogen-bond acceptors (Lipinski definition) is 4. The maximum absolute atomic E-state index is 13.0. The Morgan fingerprint density at radius 3 is 2.76 bits per heavy atom. The van der Waals surface area contributed by atoms with Gasteiger partial charge in [-0.2, -0.15) is 0 Å². The van der Waals surface area contributed by atoms with Crippen molar-refractivity contribution in [3.05, 3.63) is 64.0 Å². The van der Waals surface area contributed by atoms with Crippen molar-refractivity contribution in [3.8, 4) is 0 Å². The summed E-state index contributed by atoms with van der Waals surface area (Å²) in [7, 11) is 0. The Bertz CT molecular complexity index is 827. The second kappa shape index (κ2) is 8.60. The molecular formula is C17H13Cl2FN2O3. The molecule has 0 bridgehead atoms. The number of carbonyl (C=O) groups is 2. The van der Waals surface area contributed by atoms with Crippen LogP contribution in [-0.4, -0.2) is 23.0 Å². The predicted octanol–water partition coefficient (Wildman–Crippen LogP) is 4.11. The molecule has 5 nitrogen and oxygen atoms in total. The van der Waals surface area contributed by atoms with E-state index in [1.54, 1.807) is 6.07 Å². The lowest BCUT2D eigenvalue weighted by Gasteiger charge is -2.12. The van der Waals surface area contributed by atoms with Gasteiger partial charge in [0.2, 0.25) is 0 Å². The van der Waals surface area contributed by atoms with Crippen molar-refractivity contribution in [2.45, 2.75) is 13.0 Å². The van der Waals surface area contributed by atoms with E-state index in [0.717, 1.165) is 6.08 Å². The number of aromatic nitrogens is 1. The van der Waals surface area contributed by atoms with Crippen molar-refractivity contribution in [1.82, 2.24) is 4.98 Å². The fourth-order valence-corrected chi connectivity index (χ4v) is 2.19. The van der Waals surface area contributed by atoms with E-state index >= 15 is 0 Å². The Labute approximate surface area is 153 Å². The average molecular weight is 383 g/mol. The van der Waals surface area contributed by atoms with E-state index in [0.29, 0.717) is 10.6 Å². The van der Waals surface area contributed by atoms with Gasteiger partial charge in [0.1, 0.15) is 5.82 Å². The maximum Gasteiger partial charge on any atom is 0.331 e. The van der Waals surface area contributed by atoms with E-state index in [-0.39, 0.29) is 10.8 Å². The molecule has 0 saturated carbocycles. The summed E-state index contributed by atoms with van der Waals surface area (Å²) in [6.45, 7) is 1.40. The first kappa shape index (κ1) is 18.9. The molecule has 0 aliphatic heterocycles. The molecule has 2 rings (SSSR count). The zero-order chi connectivity index (χ0) is 18.4. The highest BCUT2D eigenvalue weighted by Crippen LogP contribution is 2.22. The quantitative estimate of drug-likeness (QED) is 0.623. The van der Waals surface area contributed by atoms with Crippen LogP contribution in [0.1, 0.15) is 12.5 Å². The lowest BCUT2D eigenvalue weighted by Crippen LogP contribution is -2.29. The van der Waals surface area contributed by atoms with Gasteiger partial charge in [0, 0.05) is 12.3 Å². The van der Waals surface area contributed by atoms with Crippen molar-refractivity contribution in [3.63, 3.8) is 0 Å². The zero-order valence-electron chi connectivity index (χ0n) is 13.0. The van der Waals surface area contributed by atoms with E-state index < -0.39 is 23.8 Å². The summed E-state index contributed by atoms with van der Waals surface area (Å²) in [6, 6.07) is 7.10. The van der Waals surface area contributed by atoms with Crippen LogP contribution in [-0.2, 0) is 14.3 Å². The fourth-order valence-electron chi connectivity index (χ4n) is 1.77. The Morgan fingerprint density at radius 1 is 1.32 bits per heavy atom. The van der Waals surface area contributed by atoms with Crippen molar-refractivity contribution in [2.24, 2.45) is 0 Å². The molecule has 1 N–H and O–H groups in total. The van der Waals surface area contributed by atoms with Gasteiger partial charge in [-0.3, -0.25) is 4.79 Å². The molecule has 0 radical (unpaired) electrons. The van der Waals surface area contributed by atoms with Gasteiger partial charge in [0.25, 0.3) is 5.91 Å². The zero-order valence-corrected chi connectivity index (χ0v) is 14.5. The SMILES string of the molecule is C[C@@H](OC(=O)/C=C/c1cccc(F)c1)C(=O)Nc1ncc(Cl)cc1Cl. The summed E-state index contributed by atoms with van der Waals surface area (Å²) in [5.74, 6) is -1.67. The van der Waals surface area contributed by atoms with Crippen molar-refractivity contribution < 1.29 is 18.7 Å². The van der Waals surface area contributed by atoms with E-state index in [1.807, 2.05) is 0 Å². The second-order valence-corrected chi connectivity index (χ2v) is 5.78. The van der Waals surface area contributed by atoms with Crippen LogP contribution in [0.4, 0.5) is 10.2 Å². The smallest absolute Gasteiger partial charge is 0.331 e. The van der Waals surface area contributed by atoms with E-state index in [4.69, 9.17) is 27.9 Å². The molecule has 1 atom stereocenters. The first-order chi connectivity index (χ1) is 11.8. The van der Waals surface area contributed by atoms with Crippen LogP contribution >= 0.6 is 23.2 Å². The number of halogens is 3. The van der Waals surface area contributed by atoms with Crippen LogP contribution in [0.5, 0.6) is 0 Å². The number of ether oxygens (including phenoxy) is 1. The van der Waals surface area contributed by atoms with Crippen LogP contribution in [0.3, 0.4) is 0 Å². The number of esters is 1. The van der Waals surface area contributed by atoms with Crippen molar-refractivity contribution >= 4 is 47.0 Å². The molecule has 0 fully saturated rings. The van der Waals surface area contributed by atoms with Gasteiger partial charge in [0.05, 0.1) is 10.0 Å². The summed E-state index contributed by atoms with van der Waals surface area (Å²) < 4.78 is 18.0. The molecule has 0 spiro atoms. The maximum atomic E-state index is 13.0. The van der Waals surface area contributed by atoms with E-state index in [1.165, 1.54) is 43.5 Å². The van der Waals surface area contributed by atoms with Gasteiger partial charge in [-0.15, -0.1) is 0 Å². The Kier molecular flexibility index (Phi) is 6.50. The topological polar surface area (TPSA) is 68.3 Å². The third-order valence-electron chi connectivity index (χ3n) is 2.97. The molecule has 1 heterocycles. The van der Waals surface area contributed by atoms with Gasteiger partial charge < -0.3 is 10.1 Å². The first-order valence-corrected chi connectivity index (χ1v) is 7.87. The summed E-state index contributed by atoms with van der Waals surface area (Å²) in [6.07, 6.45) is 2.72. The minimum Gasteiger partial charge on any atom is -0.449 e. The van der Waals surface area contributed by atoms with Crippen molar-refractivity contribution in [2.75, 3.05) is 5.32 Å². The summed E-state index contributed by atoms with van der Waals surface area (Å²) in [4.78, 5) is 27.6. The molecule has 1 aromatic carbocycles. The van der Waals surface area contributed by atoms with Gasteiger partial charge >= 0.3 is 5.97 Å².